The van der Waals surface area contributed by atoms with Gasteiger partial charge in [-0.2, -0.15) is 5.10 Å². The smallest absolute Gasteiger partial charge is 0.272 e. The van der Waals surface area contributed by atoms with Crippen molar-refractivity contribution in [1.82, 2.24) is 0 Å². The molecule has 94 valence electrons. The first kappa shape index (κ1) is 13.8. The van der Waals surface area contributed by atoms with E-state index >= 15 is 0 Å². The molecule has 1 N–H and O–H groups in total. The predicted octanol–water partition coefficient (Wildman–Crippen LogP) is 2.81. The SMILES string of the molecule is C=C(Br)/C=N/Nc1ccc([N+](=O)[O-])cc1[N+](=O)[O-]. The molecule has 8 nitrogen and oxygen atoms in total. The van der Waals surface area contributed by atoms with Gasteiger partial charge in [-0.05, 0) is 22.0 Å². The van der Waals surface area contributed by atoms with Gasteiger partial charge >= 0.3 is 5.69 Å². The zero-order valence-electron chi connectivity index (χ0n) is 8.87. The molecule has 0 aromatic heterocycles. The Kier molecular flexibility index (Phi) is 4.49. The van der Waals surface area contributed by atoms with E-state index in [-0.39, 0.29) is 11.4 Å². The van der Waals surface area contributed by atoms with Crippen LogP contribution < -0.4 is 5.43 Å². The van der Waals surface area contributed by atoms with Gasteiger partial charge in [0.25, 0.3) is 5.69 Å². The van der Waals surface area contributed by atoms with Gasteiger partial charge in [0.2, 0.25) is 0 Å². The summed E-state index contributed by atoms with van der Waals surface area (Å²) in [5.41, 5.74) is 1.67. The first-order valence-corrected chi connectivity index (χ1v) is 5.27. The van der Waals surface area contributed by atoms with Crippen LogP contribution in [0.2, 0.25) is 0 Å². The van der Waals surface area contributed by atoms with Crippen LogP contribution in [-0.4, -0.2) is 16.1 Å². The third-order valence-corrected chi connectivity index (χ3v) is 1.98. The van der Waals surface area contributed by atoms with Crippen molar-refractivity contribution < 1.29 is 9.85 Å². The van der Waals surface area contributed by atoms with E-state index in [2.05, 4.69) is 33.0 Å². The third kappa shape index (κ3) is 3.63. The lowest BCUT2D eigenvalue weighted by Crippen LogP contribution is -1.98. The van der Waals surface area contributed by atoms with Crippen molar-refractivity contribution in [2.24, 2.45) is 5.10 Å². The topological polar surface area (TPSA) is 111 Å². The molecule has 0 unspecified atom stereocenters. The van der Waals surface area contributed by atoms with Crippen LogP contribution in [0.1, 0.15) is 0 Å². The zero-order chi connectivity index (χ0) is 13.7. The second-order valence-corrected chi connectivity index (χ2v) is 4.05. The van der Waals surface area contributed by atoms with Gasteiger partial charge < -0.3 is 0 Å². The van der Waals surface area contributed by atoms with E-state index in [0.29, 0.717) is 4.48 Å². The number of nitrogens with zero attached hydrogens (tertiary/aromatic N) is 3. The van der Waals surface area contributed by atoms with Gasteiger partial charge in [-0.25, -0.2) is 0 Å². The van der Waals surface area contributed by atoms with Crippen molar-refractivity contribution in [2.75, 3.05) is 5.43 Å². The Morgan fingerprint density at radius 3 is 2.56 bits per heavy atom. The van der Waals surface area contributed by atoms with Gasteiger partial charge in [0.05, 0.1) is 22.1 Å². The fourth-order valence-corrected chi connectivity index (χ4v) is 1.15. The van der Waals surface area contributed by atoms with Crippen LogP contribution >= 0.6 is 15.9 Å². The number of rotatable bonds is 5. The standard InChI is InChI=1S/C9H7BrN4O4/c1-6(10)5-11-12-8-3-2-7(13(15)16)4-9(8)14(17)18/h2-5,12H,1H2/b11-5+. The number of allylic oxidation sites excluding steroid dienone is 1. The predicted molar refractivity (Wildman–Crippen MR) is 69.9 cm³/mol. The summed E-state index contributed by atoms with van der Waals surface area (Å²) in [6.45, 7) is 3.49. The molecule has 0 saturated heterocycles. The molecule has 0 aliphatic carbocycles. The number of hydrazone groups is 1. The highest BCUT2D eigenvalue weighted by Crippen LogP contribution is 2.28. The Morgan fingerprint density at radius 1 is 1.39 bits per heavy atom. The molecular weight excluding hydrogens is 308 g/mol. The van der Waals surface area contributed by atoms with Gasteiger partial charge in [-0.1, -0.05) is 6.58 Å². The van der Waals surface area contributed by atoms with E-state index in [9.17, 15) is 20.2 Å². The highest BCUT2D eigenvalue weighted by atomic mass is 79.9. The van der Waals surface area contributed by atoms with Crippen molar-refractivity contribution in [1.29, 1.82) is 0 Å². The summed E-state index contributed by atoms with van der Waals surface area (Å²) in [4.78, 5) is 19.8. The Labute approximate surface area is 109 Å². The van der Waals surface area contributed by atoms with Crippen LogP contribution in [0, 0.1) is 20.2 Å². The largest absolute Gasteiger partial charge is 0.301 e. The van der Waals surface area contributed by atoms with E-state index in [1.165, 1.54) is 12.3 Å². The Balaban J connectivity index is 3.08. The molecule has 0 heterocycles. The zero-order valence-corrected chi connectivity index (χ0v) is 10.5. The normalized spacial score (nSPS) is 10.3. The minimum atomic E-state index is -0.728. The lowest BCUT2D eigenvalue weighted by molar-refractivity contribution is -0.393. The molecule has 0 fully saturated rings. The summed E-state index contributed by atoms with van der Waals surface area (Å²) < 4.78 is 0.472. The van der Waals surface area contributed by atoms with Gasteiger partial charge in [-0.15, -0.1) is 0 Å². The fourth-order valence-electron chi connectivity index (χ4n) is 1.05. The van der Waals surface area contributed by atoms with E-state index in [0.717, 1.165) is 12.1 Å². The molecular formula is C9H7BrN4O4. The first-order chi connectivity index (χ1) is 8.41. The second-order valence-electron chi connectivity index (χ2n) is 3.03. The van der Waals surface area contributed by atoms with Gasteiger partial charge in [-0.3, -0.25) is 25.7 Å². The molecule has 18 heavy (non-hydrogen) atoms. The number of nitrogens with one attached hydrogen (secondary N) is 1. The average Bonchev–Trinajstić information content (AvgIpc) is 2.28. The number of halogens is 1. The lowest BCUT2D eigenvalue weighted by atomic mass is 10.2. The maximum atomic E-state index is 10.8. The summed E-state index contributed by atoms with van der Waals surface area (Å²) in [6, 6.07) is 3.22. The van der Waals surface area contributed by atoms with E-state index in [1.807, 2.05) is 0 Å². The van der Waals surface area contributed by atoms with Crippen LogP contribution in [0.25, 0.3) is 0 Å². The minimum Gasteiger partial charge on any atom is -0.272 e. The molecule has 0 aliphatic heterocycles. The molecule has 0 bridgehead atoms. The monoisotopic (exact) mass is 314 g/mol. The molecule has 1 rings (SSSR count). The number of non-ortho nitro benzene ring substituents is 1. The highest BCUT2D eigenvalue weighted by Gasteiger charge is 2.18. The molecule has 1 aromatic rings. The molecule has 0 atom stereocenters. The summed E-state index contributed by atoms with van der Waals surface area (Å²) >= 11 is 3.02. The molecule has 0 saturated carbocycles. The number of nitro groups is 2. The quantitative estimate of drug-likeness (QED) is 0.510. The number of nitro benzene ring substituents is 2. The molecule has 0 aliphatic rings. The minimum absolute atomic E-state index is 0.0515. The summed E-state index contributed by atoms with van der Waals surface area (Å²) in [6.07, 6.45) is 1.30. The molecule has 9 heteroatoms. The van der Waals surface area contributed by atoms with Crippen LogP contribution in [0.3, 0.4) is 0 Å². The van der Waals surface area contributed by atoms with Crippen molar-refractivity contribution in [2.45, 2.75) is 0 Å². The van der Waals surface area contributed by atoms with E-state index < -0.39 is 15.5 Å². The van der Waals surface area contributed by atoms with Gasteiger partial charge in [0, 0.05) is 10.5 Å². The maximum absolute atomic E-state index is 10.8. The molecule has 0 radical (unpaired) electrons. The van der Waals surface area contributed by atoms with Crippen molar-refractivity contribution >= 4 is 39.2 Å². The summed E-state index contributed by atoms with van der Waals surface area (Å²) in [5.74, 6) is 0. The van der Waals surface area contributed by atoms with Crippen LogP contribution in [0.15, 0.2) is 34.4 Å². The molecule has 1 aromatic carbocycles. The lowest BCUT2D eigenvalue weighted by Gasteiger charge is -2.01. The Bertz CT molecular complexity index is 543. The van der Waals surface area contributed by atoms with Crippen molar-refractivity contribution in [3.05, 3.63) is 49.5 Å². The second kappa shape index (κ2) is 5.87. The van der Waals surface area contributed by atoms with Crippen LogP contribution in [0.4, 0.5) is 17.1 Å². The third-order valence-electron chi connectivity index (χ3n) is 1.78. The van der Waals surface area contributed by atoms with Gasteiger partial charge in [0.15, 0.2) is 0 Å². The Hall–Kier alpha value is -2.29. The maximum Gasteiger partial charge on any atom is 0.301 e. The summed E-state index contributed by atoms with van der Waals surface area (Å²) in [7, 11) is 0. The van der Waals surface area contributed by atoms with Gasteiger partial charge in [0.1, 0.15) is 5.69 Å². The Morgan fingerprint density at radius 2 is 2.06 bits per heavy atom. The fraction of sp³-hybridized carbons (Fsp3) is 0. The average molecular weight is 315 g/mol. The van der Waals surface area contributed by atoms with Crippen molar-refractivity contribution in [3.63, 3.8) is 0 Å². The number of anilines is 1. The summed E-state index contributed by atoms with van der Waals surface area (Å²) in [5, 5.41) is 24.9. The van der Waals surface area contributed by atoms with Crippen LogP contribution in [0.5, 0.6) is 0 Å². The number of hydrogen-bond donors (Lipinski definition) is 1. The van der Waals surface area contributed by atoms with Crippen molar-refractivity contribution in [3.8, 4) is 0 Å². The number of hydrogen-bond acceptors (Lipinski definition) is 6. The van der Waals surface area contributed by atoms with Crippen LogP contribution in [-0.2, 0) is 0 Å². The highest BCUT2D eigenvalue weighted by molar-refractivity contribution is 9.12. The number of benzene rings is 1. The first-order valence-electron chi connectivity index (χ1n) is 4.48. The molecule has 0 amide bonds. The molecule has 0 spiro atoms. The van der Waals surface area contributed by atoms with E-state index in [4.69, 9.17) is 0 Å². The van der Waals surface area contributed by atoms with E-state index in [1.54, 1.807) is 0 Å².